The minimum Gasteiger partial charge on any atom is -0.0616 e. The highest BCUT2D eigenvalue weighted by Crippen LogP contribution is 2.58. The first kappa shape index (κ1) is 12.5. The molecule has 0 bridgehead atoms. The summed E-state index contributed by atoms with van der Waals surface area (Å²) in [4.78, 5) is 0. The number of rotatable bonds is 0. The molecular formula is C22H20. The maximum atomic E-state index is 2.37. The van der Waals surface area contributed by atoms with Crippen molar-refractivity contribution < 1.29 is 0 Å². The maximum Gasteiger partial charge on any atom is 0.0159 e. The van der Waals surface area contributed by atoms with Gasteiger partial charge in [-0.3, -0.25) is 0 Å². The molecule has 2 aliphatic carbocycles. The van der Waals surface area contributed by atoms with Crippen LogP contribution in [0.1, 0.15) is 49.9 Å². The molecule has 0 heteroatoms. The molecular weight excluding hydrogens is 264 g/mol. The number of hydrogen-bond donors (Lipinski definition) is 0. The summed E-state index contributed by atoms with van der Waals surface area (Å²) < 4.78 is 0. The smallest absolute Gasteiger partial charge is 0.0159 e. The Bertz CT molecular complexity index is 971. The van der Waals surface area contributed by atoms with Gasteiger partial charge in [-0.1, -0.05) is 76.2 Å². The van der Waals surface area contributed by atoms with Crippen LogP contribution in [0.3, 0.4) is 0 Å². The SMILES string of the molecule is CC1(C)c2cccc3c2-c2c1ccc1cccc(c21)C3(C)C. The van der Waals surface area contributed by atoms with E-state index in [2.05, 4.69) is 76.2 Å². The van der Waals surface area contributed by atoms with Crippen molar-refractivity contribution in [3.05, 3.63) is 70.8 Å². The highest BCUT2D eigenvalue weighted by Gasteiger charge is 2.44. The first-order valence-electron chi connectivity index (χ1n) is 8.15. The minimum atomic E-state index is 0.0664. The van der Waals surface area contributed by atoms with E-state index in [4.69, 9.17) is 0 Å². The number of benzene rings is 3. The van der Waals surface area contributed by atoms with E-state index in [-0.39, 0.29) is 10.8 Å². The molecule has 2 aliphatic rings. The van der Waals surface area contributed by atoms with Crippen LogP contribution in [0.15, 0.2) is 48.5 Å². The van der Waals surface area contributed by atoms with E-state index < -0.39 is 0 Å². The van der Waals surface area contributed by atoms with Gasteiger partial charge in [0.2, 0.25) is 0 Å². The zero-order valence-corrected chi connectivity index (χ0v) is 13.6. The highest BCUT2D eigenvalue weighted by atomic mass is 14.5. The Morgan fingerprint density at radius 2 is 1.09 bits per heavy atom. The lowest BCUT2D eigenvalue weighted by molar-refractivity contribution is 0.639. The van der Waals surface area contributed by atoms with Gasteiger partial charge in [-0.2, -0.15) is 0 Å². The summed E-state index contributed by atoms with van der Waals surface area (Å²) in [5, 5.41) is 2.86. The Morgan fingerprint density at radius 1 is 0.545 bits per heavy atom. The molecule has 22 heavy (non-hydrogen) atoms. The zero-order chi connectivity index (χ0) is 15.3. The molecule has 0 amide bonds. The van der Waals surface area contributed by atoms with Gasteiger partial charge in [0.25, 0.3) is 0 Å². The number of hydrogen-bond acceptors (Lipinski definition) is 0. The van der Waals surface area contributed by atoms with Crippen molar-refractivity contribution in [3.8, 4) is 11.1 Å². The minimum absolute atomic E-state index is 0.0664. The topological polar surface area (TPSA) is 0 Å². The molecule has 0 aliphatic heterocycles. The predicted molar refractivity (Wildman–Crippen MR) is 93.6 cm³/mol. The lowest BCUT2D eigenvalue weighted by Crippen LogP contribution is -2.23. The molecule has 0 saturated carbocycles. The fourth-order valence-corrected chi connectivity index (χ4v) is 4.83. The lowest BCUT2D eigenvalue weighted by atomic mass is 9.68. The molecule has 108 valence electrons. The first-order valence-corrected chi connectivity index (χ1v) is 8.15. The summed E-state index contributed by atoms with van der Waals surface area (Å²) >= 11 is 0. The van der Waals surface area contributed by atoms with Crippen molar-refractivity contribution >= 4 is 10.8 Å². The Balaban J connectivity index is 2.15. The largest absolute Gasteiger partial charge is 0.0616 e. The van der Waals surface area contributed by atoms with E-state index in [1.54, 1.807) is 0 Å². The van der Waals surface area contributed by atoms with Crippen LogP contribution in [0.2, 0.25) is 0 Å². The molecule has 0 heterocycles. The summed E-state index contributed by atoms with van der Waals surface area (Å²) in [5.41, 5.74) is 9.13. The second-order valence-corrected chi connectivity index (χ2v) is 7.87. The molecule has 0 radical (unpaired) electrons. The molecule has 0 saturated heterocycles. The van der Waals surface area contributed by atoms with Gasteiger partial charge in [0.1, 0.15) is 0 Å². The second kappa shape index (κ2) is 3.46. The van der Waals surface area contributed by atoms with Gasteiger partial charge in [0.15, 0.2) is 0 Å². The van der Waals surface area contributed by atoms with Crippen molar-refractivity contribution in [3.63, 3.8) is 0 Å². The monoisotopic (exact) mass is 284 g/mol. The third-order valence-electron chi connectivity index (χ3n) is 6.05. The van der Waals surface area contributed by atoms with E-state index >= 15 is 0 Å². The van der Waals surface area contributed by atoms with Crippen LogP contribution >= 0.6 is 0 Å². The zero-order valence-electron chi connectivity index (χ0n) is 13.6. The summed E-state index contributed by atoms with van der Waals surface area (Å²) in [6.45, 7) is 9.49. The molecule has 3 aromatic carbocycles. The third kappa shape index (κ3) is 1.15. The van der Waals surface area contributed by atoms with Crippen LogP contribution < -0.4 is 0 Å². The predicted octanol–water partition coefficient (Wildman–Crippen LogP) is 5.79. The standard InChI is InChI=1S/C22H20/c1-21(2)14-8-5-7-13-11-12-17-20(18(13)14)19-15(21)9-6-10-16(19)22(17,3)4/h5-12H,1-4H3. The Hall–Kier alpha value is -2.08. The van der Waals surface area contributed by atoms with Gasteiger partial charge in [-0.25, -0.2) is 0 Å². The summed E-state index contributed by atoms with van der Waals surface area (Å²) in [7, 11) is 0. The summed E-state index contributed by atoms with van der Waals surface area (Å²) in [6.07, 6.45) is 0. The van der Waals surface area contributed by atoms with E-state index in [9.17, 15) is 0 Å². The first-order chi connectivity index (χ1) is 10.4. The average Bonchev–Trinajstić information content (AvgIpc) is 2.74. The van der Waals surface area contributed by atoms with E-state index in [1.807, 2.05) is 0 Å². The van der Waals surface area contributed by atoms with Crippen molar-refractivity contribution in [2.75, 3.05) is 0 Å². The summed E-state index contributed by atoms with van der Waals surface area (Å²) in [5.74, 6) is 0. The Morgan fingerprint density at radius 3 is 1.82 bits per heavy atom. The van der Waals surface area contributed by atoms with Gasteiger partial charge < -0.3 is 0 Å². The normalized spacial score (nSPS) is 18.7. The van der Waals surface area contributed by atoms with Crippen LogP contribution in [0.25, 0.3) is 21.9 Å². The van der Waals surface area contributed by atoms with Gasteiger partial charge in [-0.05, 0) is 44.2 Å². The van der Waals surface area contributed by atoms with Crippen molar-refractivity contribution in [2.45, 2.75) is 38.5 Å². The van der Waals surface area contributed by atoms with E-state index in [0.29, 0.717) is 0 Å². The van der Waals surface area contributed by atoms with Crippen LogP contribution in [-0.2, 0) is 10.8 Å². The van der Waals surface area contributed by atoms with Gasteiger partial charge >= 0.3 is 0 Å². The van der Waals surface area contributed by atoms with Gasteiger partial charge in [0, 0.05) is 10.8 Å². The highest BCUT2D eigenvalue weighted by molar-refractivity contribution is 6.08. The maximum absolute atomic E-state index is 2.37. The Labute approximate surface area is 131 Å². The van der Waals surface area contributed by atoms with Gasteiger partial charge in [-0.15, -0.1) is 0 Å². The molecule has 5 rings (SSSR count). The van der Waals surface area contributed by atoms with E-state index in [0.717, 1.165) is 0 Å². The van der Waals surface area contributed by atoms with Crippen molar-refractivity contribution in [1.29, 1.82) is 0 Å². The molecule has 0 aromatic heterocycles. The molecule has 0 unspecified atom stereocenters. The van der Waals surface area contributed by atoms with Crippen LogP contribution in [0.5, 0.6) is 0 Å². The lowest BCUT2D eigenvalue weighted by Gasteiger charge is -2.34. The van der Waals surface area contributed by atoms with Crippen LogP contribution in [0.4, 0.5) is 0 Å². The van der Waals surface area contributed by atoms with Crippen LogP contribution in [0, 0.1) is 0 Å². The van der Waals surface area contributed by atoms with Crippen LogP contribution in [-0.4, -0.2) is 0 Å². The fraction of sp³-hybridized carbons (Fsp3) is 0.273. The van der Waals surface area contributed by atoms with Gasteiger partial charge in [0.05, 0.1) is 0 Å². The van der Waals surface area contributed by atoms with Crippen molar-refractivity contribution in [1.82, 2.24) is 0 Å². The van der Waals surface area contributed by atoms with E-state index in [1.165, 1.54) is 44.2 Å². The second-order valence-electron chi connectivity index (χ2n) is 7.87. The summed E-state index contributed by atoms with van der Waals surface area (Å²) in [6, 6.07) is 18.4. The molecule has 0 fully saturated rings. The average molecular weight is 284 g/mol. The molecule has 3 aromatic rings. The quantitative estimate of drug-likeness (QED) is 0.490. The molecule has 0 spiro atoms. The van der Waals surface area contributed by atoms with Crippen molar-refractivity contribution in [2.24, 2.45) is 0 Å². The fourth-order valence-electron chi connectivity index (χ4n) is 4.83. The molecule has 0 nitrogen and oxygen atoms in total. The Kier molecular flexibility index (Phi) is 1.96. The third-order valence-corrected chi connectivity index (χ3v) is 6.05. The molecule has 0 atom stereocenters. The molecule has 0 N–H and O–H groups in total.